The molecule has 1 atom stereocenters. The Morgan fingerprint density at radius 1 is 1.33 bits per heavy atom. The van der Waals surface area contributed by atoms with Gasteiger partial charge >= 0.3 is 0 Å². The van der Waals surface area contributed by atoms with Crippen molar-refractivity contribution in [2.75, 3.05) is 19.7 Å². The highest BCUT2D eigenvalue weighted by molar-refractivity contribution is 6.37. The fraction of sp³-hybridized carbons (Fsp3) is 0.818. The van der Waals surface area contributed by atoms with Crippen molar-refractivity contribution in [1.29, 1.82) is 0 Å². The van der Waals surface area contributed by atoms with Gasteiger partial charge < -0.3 is 9.64 Å². The molecule has 4 heteroatoms. The number of carbonyl (C=O) groups is 2. The number of Topliss-reactive ketones (excluding diaryl/α,β-unsaturated/α-hetero) is 1. The molecule has 2 rings (SSSR count). The molecule has 0 bridgehead atoms. The monoisotopic (exact) mass is 211 g/mol. The quantitative estimate of drug-likeness (QED) is 0.647. The summed E-state index contributed by atoms with van der Waals surface area (Å²) in [6.07, 6.45) is 5.02. The second-order valence-corrected chi connectivity index (χ2v) is 4.24. The Bertz CT molecular complexity index is 259. The second-order valence-electron chi connectivity index (χ2n) is 4.24. The van der Waals surface area contributed by atoms with E-state index in [0.29, 0.717) is 25.6 Å². The number of amides is 1. The highest BCUT2D eigenvalue weighted by atomic mass is 16.5. The van der Waals surface area contributed by atoms with Crippen LogP contribution < -0.4 is 0 Å². The SMILES string of the molecule is O=C1CCN(CCC2CCCCO2)C1=O. The second kappa shape index (κ2) is 4.75. The summed E-state index contributed by atoms with van der Waals surface area (Å²) in [5.41, 5.74) is 0. The van der Waals surface area contributed by atoms with E-state index in [-0.39, 0.29) is 11.7 Å². The van der Waals surface area contributed by atoms with Crippen molar-refractivity contribution in [2.24, 2.45) is 0 Å². The number of carbonyl (C=O) groups excluding carboxylic acids is 2. The van der Waals surface area contributed by atoms with Crippen LogP contribution in [0.2, 0.25) is 0 Å². The van der Waals surface area contributed by atoms with Crippen molar-refractivity contribution in [2.45, 2.75) is 38.2 Å². The zero-order chi connectivity index (χ0) is 10.7. The largest absolute Gasteiger partial charge is 0.378 e. The van der Waals surface area contributed by atoms with Crippen LogP contribution in [0.1, 0.15) is 32.1 Å². The Labute approximate surface area is 89.6 Å². The van der Waals surface area contributed by atoms with E-state index in [9.17, 15) is 9.59 Å². The summed E-state index contributed by atoms with van der Waals surface area (Å²) in [5, 5.41) is 0. The molecule has 4 nitrogen and oxygen atoms in total. The predicted molar refractivity (Wildman–Crippen MR) is 54.4 cm³/mol. The van der Waals surface area contributed by atoms with Gasteiger partial charge in [0, 0.05) is 26.1 Å². The zero-order valence-electron chi connectivity index (χ0n) is 8.91. The van der Waals surface area contributed by atoms with Gasteiger partial charge in [0.1, 0.15) is 0 Å². The van der Waals surface area contributed by atoms with Gasteiger partial charge in [-0.05, 0) is 25.7 Å². The van der Waals surface area contributed by atoms with Crippen molar-refractivity contribution in [3.63, 3.8) is 0 Å². The molecule has 2 fully saturated rings. The van der Waals surface area contributed by atoms with Gasteiger partial charge in [0.05, 0.1) is 6.10 Å². The van der Waals surface area contributed by atoms with Gasteiger partial charge in [-0.3, -0.25) is 9.59 Å². The molecule has 0 saturated carbocycles. The first kappa shape index (κ1) is 10.6. The smallest absolute Gasteiger partial charge is 0.290 e. The predicted octanol–water partition coefficient (Wildman–Crippen LogP) is 0.747. The summed E-state index contributed by atoms with van der Waals surface area (Å²) in [6, 6.07) is 0. The van der Waals surface area contributed by atoms with Gasteiger partial charge in [0.2, 0.25) is 5.78 Å². The molecule has 0 aromatic carbocycles. The van der Waals surface area contributed by atoms with Gasteiger partial charge in [-0.2, -0.15) is 0 Å². The molecule has 84 valence electrons. The molecule has 1 amide bonds. The van der Waals surface area contributed by atoms with E-state index in [1.165, 1.54) is 6.42 Å². The van der Waals surface area contributed by atoms with Crippen molar-refractivity contribution in [1.82, 2.24) is 4.90 Å². The Morgan fingerprint density at radius 3 is 2.80 bits per heavy atom. The lowest BCUT2D eigenvalue weighted by Crippen LogP contribution is -2.32. The van der Waals surface area contributed by atoms with Gasteiger partial charge in [0.25, 0.3) is 5.91 Å². The van der Waals surface area contributed by atoms with Crippen LogP contribution in [-0.4, -0.2) is 42.4 Å². The molecule has 0 aromatic heterocycles. The van der Waals surface area contributed by atoms with Crippen molar-refractivity contribution < 1.29 is 14.3 Å². The molecular weight excluding hydrogens is 194 g/mol. The first-order valence-corrected chi connectivity index (χ1v) is 5.71. The van der Waals surface area contributed by atoms with Crippen LogP contribution in [0.15, 0.2) is 0 Å². The fourth-order valence-corrected chi connectivity index (χ4v) is 2.17. The normalized spacial score (nSPS) is 27.5. The summed E-state index contributed by atoms with van der Waals surface area (Å²) in [4.78, 5) is 24.0. The van der Waals surface area contributed by atoms with Crippen LogP contribution in [-0.2, 0) is 14.3 Å². The molecule has 2 aliphatic heterocycles. The van der Waals surface area contributed by atoms with Gasteiger partial charge in [-0.15, -0.1) is 0 Å². The van der Waals surface area contributed by atoms with Gasteiger partial charge in [-0.25, -0.2) is 0 Å². The topological polar surface area (TPSA) is 46.6 Å². The van der Waals surface area contributed by atoms with E-state index in [4.69, 9.17) is 4.74 Å². The Balaban J connectivity index is 1.73. The zero-order valence-corrected chi connectivity index (χ0v) is 8.91. The van der Waals surface area contributed by atoms with Crippen molar-refractivity contribution in [3.05, 3.63) is 0 Å². The van der Waals surface area contributed by atoms with E-state index in [0.717, 1.165) is 25.9 Å². The lowest BCUT2D eigenvalue weighted by Gasteiger charge is -2.24. The fourth-order valence-electron chi connectivity index (χ4n) is 2.17. The van der Waals surface area contributed by atoms with E-state index < -0.39 is 0 Å². The first-order chi connectivity index (χ1) is 7.27. The summed E-state index contributed by atoms with van der Waals surface area (Å²) in [5.74, 6) is -0.537. The van der Waals surface area contributed by atoms with Crippen molar-refractivity contribution in [3.8, 4) is 0 Å². The minimum atomic E-state index is -0.300. The highest BCUT2D eigenvalue weighted by Gasteiger charge is 2.29. The van der Waals surface area contributed by atoms with Crippen LogP contribution in [0.5, 0.6) is 0 Å². The van der Waals surface area contributed by atoms with Crippen LogP contribution in [0.4, 0.5) is 0 Å². The molecule has 2 aliphatic rings. The lowest BCUT2D eigenvalue weighted by molar-refractivity contribution is -0.140. The number of ketones is 1. The third kappa shape index (κ3) is 2.56. The van der Waals surface area contributed by atoms with E-state index in [1.807, 2.05) is 0 Å². The number of nitrogens with zero attached hydrogens (tertiary/aromatic N) is 1. The summed E-state index contributed by atoms with van der Waals surface area (Å²) >= 11 is 0. The third-order valence-corrected chi connectivity index (χ3v) is 3.13. The third-order valence-electron chi connectivity index (χ3n) is 3.13. The maximum absolute atomic E-state index is 11.3. The Hall–Kier alpha value is -0.900. The summed E-state index contributed by atoms with van der Waals surface area (Å²) in [6.45, 7) is 2.12. The molecule has 0 spiro atoms. The van der Waals surface area contributed by atoms with Crippen molar-refractivity contribution >= 4 is 11.7 Å². The Kier molecular flexibility index (Phi) is 3.36. The van der Waals surface area contributed by atoms with E-state index >= 15 is 0 Å². The maximum atomic E-state index is 11.3. The molecular formula is C11H17NO3. The number of likely N-dealkylation sites (tertiary alicyclic amines) is 1. The number of hydrogen-bond donors (Lipinski definition) is 0. The minimum Gasteiger partial charge on any atom is -0.378 e. The maximum Gasteiger partial charge on any atom is 0.290 e. The van der Waals surface area contributed by atoms with Crippen LogP contribution >= 0.6 is 0 Å². The average Bonchev–Trinajstić information content (AvgIpc) is 2.59. The molecule has 0 radical (unpaired) electrons. The van der Waals surface area contributed by atoms with Crippen LogP contribution in [0.25, 0.3) is 0 Å². The van der Waals surface area contributed by atoms with E-state index in [2.05, 4.69) is 0 Å². The van der Waals surface area contributed by atoms with Crippen LogP contribution in [0.3, 0.4) is 0 Å². The summed E-state index contributed by atoms with van der Waals surface area (Å²) < 4.78 is 5.58. The highest BCUT2D eigenvalue weighted by Crippen LogP contribution is 2.17. The van der Waals surface area contributed by atoms with Gasteiger partial charge in [-0.1, -0.05) is 0 Å². The molecule has 0 aromatic rings. The first-order valence-electron chi connectivity index (χ1n) is 5.71. The molecule has 2 saturated heterocycles. The standard InChI is InChI=1S/C11H17NO3/c13-10-5-7-12(11(10)14)6-4-9-3-1-2-8-15-9/h9H,1-8H2. The minimum absolute atomic E-state index is 0.237. The number of hydrogen-bond acceptors (Lipinski definition) is 3. The van der Waals surface area contributed by atoms with Gasteiger partial charge in [0.15, 0.2) is 0 Å². The van der Waals surface area contributed by atoms with Crippen LogP contribution in [0, 0.1) is 0 Å². The molecule has 0 aliphatic carbocycles. The van der Waals surface area contributed by atoms with E-state index in [1.54, 1.807) is 4.90 Å². The summed E-state index contributed by atoms with van der Waals surface area (Å²) in [7, 11) is 0. The number of rotatable bonds is 3. The molecule has 1 unspecified atom stereocenters. The molecule has 2 heterocycles. The Morgan fingerprint density at radius 2 is 2.20 bits per heavy atom. The molecule has 0 N–H and O–H groups in total. The average molecular weight is 211 g/mol. The lowest BCUT2D eigenvalue weighted by atomic mass is 10.1. The number of ether oxygens (including phenoxy) is 1. The molecule has 15 heavy (non-hydrogen) atoms.